The summed E-state index contributed by atoms with van der Waals surface area (Å²) in [5.41, 5.74) is 3.01. The molecule has 0 aliphatic carbocycles. The van der Waals surface area contributed by atoms with Crippen molar-refractivity contribution in [2.45, 2.75) is 32.6 Å². The summed E-state index contributed by atoms with van der Waals surface area (Å²) in [7, 11) is 0. The first-order valence-electron chi connectivity index (χ1n) is 5.74. The first-order valence-corrected chi connectivity index (χ1v) is 5.74. The van der Waals surface area contributed by atoms with Crippen LogP contribution in [-0.4, -0.2) is 13.1 Å². The second-order valence-electron chi connectivity index (χ2n) is 4.07. The molecule has 2 rings (SSSR count). The molecule has 14 heavy (non-hydrogen) atoms. The highest BCUT2D eigenvalue weighted by atomic mass is 15.1. The second-order valence-corrected chi connectivity index (χ2v) is 4.07. The van der Waals surface area contributed by atoms with Crippen molar-refractivity contribution in [3.05, 3.63) is 29.8 Å². The van der Waals surface area contributed by atoms with E-state index in [-0.39, 0.29) is 0 Å². The van der Waals surface area contributed by atoms with Crippen LogP contribution in [0, 0.1) is 0 Å². The Bertz CT molecular complexity index is 293. The Balaban J connectivity index is 1.96. The fourth-order valence-electron chi connectivity index (χ4n) is 2.19. The van der Waals surface area contributed by atoms with E-state index in [2.05, 4.69) is 36.1 Å². The number of hydrogen-bond acceptors (Lipinski definition) is 1. The van der Waals surface area contributed by atoms with Crippen molar-refractivity contribution in [1.82, 2.24) is 0 Å². The van der Waals surface area contributed by atoms with Gasteiger partial charge in [0, 0.05) is 18.8 Å². The van der Waals surface area contributed by atoms with Crippen LogP contribution in [0.25, 0.3) is 0 Å². The molecule has 76 valence electrons. The lowest BCUT2D eigenvalue weighted by atomic mass is 10.2. The zero-order chi connectivity index (χ0) is 9.80. The van der Waals surface area contributed by atoms with Crippen molar-refractivity contribution in [2.75, 3.05) is 18.0 Å². The molecule has 1 aromatic carbocycles. The summed E-state index contributed by atoms with van der Waals surface area (Å²) in [5.74, 6) is 0. The molecule has 0 saturated carbocycles. The van der Waals surface area contributed by atoms with E-state index < -0.39 is 0 Å². The van der Waals surface area contributed by atoms with Gasteiger partial charge in [-0.25, -0.2) is 0 Å². The van der Waals surface area contributed by atoms with Gasteiger partial charge in [0.2, 0.25) is 0 Å². The molecule has 1 heteroatoms. The number of nitrogens with zero attached hydrogens (tertiary/aromatic N) is 1. The summed E-state index contributed by atoms with van der Waals surface area (Å²) in [6, 6.07) is 8.81. The van der Waals surface area contributed by atoms with Crippen LogP contribution in [0.3, 0.4) is 0 Å². The average Bonchev–Trinajstić information content (AvgIpc) is 2.63. The standard InChI is InChI=1S/C13H19N/c1-2-3-6-10-14-11-9-12-7-4-5-8-13(12)14/h4-5,7-8H,2-3,6,9-11H2,1H3. The van der Waals surface area contributed by atoms with Gasteiger partial charge in [0.25, 0.3) is 0 Å². The quantitative estimate of drug-likeness (QED) is 0.657. The Morgan fingerprint density at radius 1 is 1.21 bits per heavy atom. The monoisotopic (exact) mass is 189 g/mol. The Labute approximate surface area is 86.7 Å². The van der Waals surface area contributed by atoms with Crippen molar-refractivity contribution in [2.24, 2.45) is 0 Å². The van der Waals surface area contributed by atoms with E-state index in [1.165, 1.54) is 50.0 Å². The lowest BCUT2D eigenvalue weighted by Gasteiger charge is -2.18. The highest BCUT2D eigenvalue weighted by molar-refractivity contribution is 5.57. The van der Waals surface area contributed by atoms with Gasteiger partial charge in [0.15, 0.2) is 0 Å². The molecular weight excluding hydrogens is 170 g/mol. The zero-order valence-corrected chi connectivity index (χ0v) is 9.00. The molecule has 0 atom stereocenters. The van der Waals surface area contributed by atoms with E-state index in [0.717, 1.165) is 0 Å². The van der Waals surface area contributed by atoms with E-state index >= 15 is 0 Å². The van der Waals surface area contributed by atoms with Gasteiger partial charge in [-0.3, -0.25) is 0 Å². The fraction of sp³-hybridized carbons (Fsp3) is 0.538. The van der Waals surface area contributed by atoms with E-state index in [1.54, 1.807) is 0 Å². The third-order valence-electron chi connectivity index (χ3n) is 3.01. The molecule has 0 fully saturated rings. The van der Waals surface area contributed by atoms with Crippen molar-refractivity contribution < 1.29 is 0 Å². The van der Waals surface area contributed by atoms with Gasteiger partial charge >= 0.3 is 0 Å². The third-order valence-corrected chi connectivity index (χ3v) is 3.01. The van der Waals surface area contributed by atoms with Gasteiger partial charge in [-0.15, -0.1) is 0 Å². The van der Waals surface area contributed by atoms with Crippen LogP contribution in [0.1, 0.15) is 31.7 Å². The molecule has 0 amide bonds. The number of fused-ring (bicyclic) bond motifs is 1. The summed E-state index contributed by atoms with van der Waals surface area (Å²) in [4.78, 5) is 2.53. The van der Waals surface area contributed by atoms with Crippen LogP contribution < -0.4 is 4.90 Å². The maximum absolute atomic E-state index is 2.53. The Morgan fingerprint density at radius 2 is 2.07 bits per heavy atom. The number of unbranched alkanes of at least 4 members (excludes halogenated alkanes) is 2. The number of benzene rings is 1. The molecule has 1 aliphatic heterocycles. The Morgan fingerprint density at radius 3 is 2.93 bits per heavy atom. The smallest absolute Gasteiger partial charge is 0.0399 e. The molecule has 0 unspecified atom stereocenters. The summed E-state index contributed by atoms with van der Waals surface area (Å²) in [6.45, 7) is 4.73. The molecule has 0 spiro atoms. The minimum atomic E-state index is 1.23. The molecule has 0 radical (unpaired) electrons. The van der Waals surface area contributed by atoms with Gasteiger partial charge in [-0.1, -0.05) is 38.0 Å². The molecule has 0 saturated heterocycles. The van der Waals surface area contributed by atoms with Crippen molar-refractivity contribution in [1.29, 1.82) is 0 Å². The third kappa shape index (κ3) is 1.92. The van der Waals surface area contributed by atoms with Crippen LogP contribution in [0.4, 0.5) is 5.69 Å². The lowest BCUT2D eigenvalue weighted by Crippen LogP contribution is -2.21. The Kier molecular flexibility index (Phi) is 3.07. The number of hydrogen-bond donors (Lipinski definition) is 0. The van der Waals surface area contributed by atoms with Gasteiger partial charge < -0.3 is 4.90 Å². The molecule has 1 aromatic rings. The van der Waals surface area contributed by atoms with Crippen LogP contribution in [0.2, 0.25) is 0 Å². The topological polar surface area (TPSA) is 3.24 Å². The molecular formula is C13H19N. The minimum absolute atomic E-state index is 1.23. The number of anilines is 1. The average molecular weight is 189 g/mol. The van der Waals surface area contributed by atoms with E-state index in [4.69, 9.17) is 0 Å². The van der Waals surface area contributed by atoms with Gasteiger partial charge in [0.1, 0.15) is 0 Å². The highest BCUT2D eigenvalue weighted by Crippen LogP contribution is 2.27. The molecule has 0 bridgehead atoms. The SMILES string of the molecule is CCCCCN1CCc2ccccc21. The summed E-state index contributed by atoms with van der Waals surface area (Å²) < 4.78 is 0. The maximum atomic E-state index is 2.53. The van der Waals surface area contributed by atoms with Crippen molar-refractivity contribution in [3.8, 4) is 0 Å². The second kappa shape index (κ2) is 4.50. The van der Waals surface area contributed by atoms with Crippen LogP contribution in [0.15, 0.2) is 24.3 Å². The van der Waals surface area contributed by atoms with Crippen LogP contribution in [-0.2, 0) is 6.42 Å². The van der Waals surface area contributed by atoms with E-state index in [0.29, 0.717) is 0 Å². The van der Waals surface area contributed by atoms with Crippen molar-refractivity contribution in [3.63, 3.8) is 0 Å². The van der Waals surface area contributed by atoms with Crippen molar-refractivity contribution >= 4 is 5.69 Å². The maximum Gasteiger partial charge on any atom is 0.0399 e. The number of para-hydroxylation sites is 1. The van der Waals surface area contributed by atoms with Gasteiger partial charge in [-0.2, -0.15) is 0 Å². The van der Waals surface area contributed by atoms with E-state index in [9.17, 15) is 0 Å². The fourth-order valence-corrected chi connectivity index (χ4v) is 2.19. The predicted molar refractivity (Wildman–Crippen MR) is 61.9 cm³/mol. The molecule has 0 aromatic heterocycles. The summed E-state index contributed by atoms with van der Waals surface area (Å²) in [5, 5.41) is 0. The van der Waals surface area contributed by atoms with Gasteiger partial charge in [0.05, 0.1) is 0 Å². The predicted octanol–water partition coefficient (Wildman–Crippen LogP) is 3.24. The molecule has 0 N–H and O–H groups in total. The molecule has 1 aliphatic rings. The van der Waals surface area contributed by atoms with Crippen LogP contribution in [0.5, 0.6) is 0 Å². The normalized spacial score (nSPS) is 14.5. The minimum Gasteiger partial charge on any atom is -0.371 e. The largest absolute Gasteiger partial charge is 0.371 e. The first-order chi connectivity index (χ1) is 6.92. The summed E-state index contributed by atoms with van der Waals surface area (Å²) in [6.07, 6.45) is 5.25. The summed E-state index contributed by atoms with van der Waals surface area (Å²) >= 11 is 0. The Hall–Kier alpha value is -0.980. The molecule has 1 nitrogen and oxygen atoms in total. The lowest BCUT2D eigenvalue weighted by molar-refractivity contribution is 0.688. The van der Waals surface area contributed by atoms with Gasteiger partial charge in [-0.05, 0) is 24.5 Å². The zero-order valence-electron chi connectivity index (χ0n) is 9.00. The first kappa shape index (κ1) is 9.57. The molecule has 1 heterocycles. The van der Waals surface area contributed by atoms with E-state index in [1.807, 2.05) is 0 Å². The number of rotatable bonds is 4. The highest BCUT2D eigenvalue weighted by Gasteiger charge is 2.16. The van der Waals surface area contributed by atoms with Crippen LogP contribution >= 0.6 is 0 Å².